The Morgan fingerprint density at radius 1 is 1.08 bits per heavy atom. The molecular weight excluding hydrogens is 354 g/mol. The van der Waals surface area contributed by atoms with E-state index in [1.807, 2.05) is 41.3 Å². The molecule has 2 N–H and O–H groups in total. The molecule has 130 valence electrons. The molecule has 0 aromatic heterocycles. The first-order chi connectivity index (χ1) is 12.1. The van der Waals surface area contributed by atoms with Gasteiger partial charge in [0, 0.05) is 14.8 Å². The van der Waals surface area contributed by atoms with Gasteiger partial charge in [-0.15, -0.1) is 0 Å². The quantitative estimate of drug-likeness (QED) is 0.816. The number of piperazine rings is 1. The molecule has 2 heterocycles. The maximum absolute atomic E-state index is 13.2. The number of rotatable bonds is 2. The second-order valence-corrected chi connectivity index (χ2v) is 8.32. The molecule has 25 heavy (non-hydrogen) atoms. The van der Waals surface area contributed by atoms with Crippen molar-refractivity contribution in [1.82, 2.24) is 0 Å². The van der Waals surface area contributed by atoms with E-state index in [2.05, 4.69) is 13.1 Å². The highest BCUT2D eigenvalue weighted by Gasteiger charge is 2.31. The summed E-state index contributed by atoms with van der Waals surface area (Å²) in [6.07, 6.45) is 0. The molecule has 1 amide bonds. The molecule has 1 fully saturated rings. The lowest BCUT2D eigenvalue weighted by Crippen LogP contribution is -3.27. The van der Waals surface area contributed by atoms with Crippen LogP contribution in [0.5, 0.6) is 0 Å². The number of benzene rings is 2. The normalized spacial score (nSPS) is 22.2. The van der Waals surface area contributed by atoms with Crippen LogP contribution in [0.25, 0.3) is 0 Å². The van der Waals surface area contributed by atoms with Crippen molar-refractivity contribution < 1.29 is 14.6 Å². The number of nitrogens with zero attached hydrogens (tertiary/aromatic N) is 1. The molecule has 2 aliphatic heterocycles. The fourth-order valence-corrected chi connectivity index (χ4v) is 4.70. The number of fused-ring (bicyclic) bond motifs is 2. The predicted molar refractivity (Wildman–Crippen MR) is 101 cm³/mol. The summed E-state index contributed by atoms with van der Waals surface area (Å²) in [4.78, 5) is 20.2. The first-order valence-corrected chi connectivity index (χ1v) is 9.85. The van der Waals surface area contributed by atoms with Gasteiger partial charge in [0.05, 0.1) is 18.4 Å². The van der Waals surface area contributed by atoms with Gasteiger partial charge in [0.2, 0.25) is 0 Å². The topological polar surface area (TPSA) is 29.2 Å². The molecule has 0 saturated carbocycles. The molecule has 2 aromatic carbocycles. The van der Waals surface area contributed by atoms with Gasteiger partial charge in [0.1, 0.15) is 26.2 Å². The molecular formula is C19H22ClN3OS+2. The van der Waals surface area contributed by atoms with Crippen molar-refractivity contribution in [2.75, 3.05) is 44.7 Å². The lowest BCUT2D eigenvalue weighted by molar-refractivity contribution is -1.000. The predicted octanol–water partition coefficient (Wildman–Crippen LogP) is 0.883. The minimum absolute atomic E-state index is 0.144. The molecule has 0 spiro atoms. The Bertz CT molecular complexity index is 805. The van der Waals surface area contributed by atoms with Gasteiger partial charge in [-0.3, -0.25) is 9.69 Å². The van der Waals surface area contributed by atoms with Crippen LogP contribution in [-0.4, -0.2) is 45.7 Å². The molecule has 0 radical (unpaired) electrons. The molecule has 0 aliphatic carbocycles. The summed E-state index contributed by atoms with van der Waals surface area (Å²) in [6, 6.07) is 13.9. The highest BCUT2D eigenvalue weighted by Crippen LogP contribution is 2.48. The van der Waals surface area contributed by atoms with Crippen LogP contribution in [0.4, 0.5) is 11.4 Å². The Morgan fingerprint density at radius 2 is 1.80 bits per heavy atom. The number of carbonyl (C=O) groups excluding carboxylic acids is 1. The zero-order valence-corrected chi connectivity index (χ0v) is 15.8. The minimum Gasteiger partial charge on any atom is -0.328 e. The van der Waals surface area contributed by atoms with Gasteiger partial charge in [-0.25, -0.2) is 0 Å². The van der Waals surface area contributed by atoms with E-state index in [-0.39, 0.29) is 5.91 Å². The summed E-state index contributed by atoms with van der Waals surface area (Å²) in [7, 11) is 2.22. The van der Waals surface area contributed by atoms with Crippen LogP contribution in [0.15, 0.2) is 52.3 Å². The maximum Gasteiger partial charge on any atom is 0.286 e. The van der Waals surface area contributed by atoms with Crippen LogP contribution in [0.2, 0.25) is 5.02 Å². The fourth-order valence-electron chi connectivity index (χ4n) is 3.50. The van der Waals surface area contributed by atoms with E-state index < -0.39 is 0 Å². The smallest absolute Gasteiger partial charge is 0.286 e. The summed E-state index contributed by atoms with van der Waals surface area (Å²) < 4.78 is 0. The molecule has 0 unspecified atom stereocenters. The monoisotopic (exact) mass is 375 g/mol. The summed E-state index contributed by atoms with van der Waals surface area (Å²) in [5.74, 6) is 0.144. The zero-order chi connectivity index (χ0) is 17.4. The lowest BCUT2D eigenvalue weighted by Gasteiger charge is -2.33. The van der Waals surface area contributed by atoms with Crippen LogP contribution in [0, 0.1) is 0 Å². The van der Waals surface area contributed by atoms with E-state index >= 15 is 0 Å². The summed E-state index contributed by atoms with van der Waals surface area (Å²) in [5.41, 5.74) is 1.87. The average molecular weight is 376 g/mol. The number of hydrogen-bond acceptors (Lipinski definition) is 2. The fraction of sp³-hybridized carbons (Fsp3) is 0.316. The van der Waals surface area contributed by atoms with E-state index in [1.54, 1.807) is 16.7 Å². The van der Waals surface area contributed by atoms with E-state index in [0.717, 1.165) is 47.3 Å². The van der Waals surface area contributed by atoms with Crippen LogP contribution in [0.3, 0.4) is 0 Å². The van der Waals surface area contributed by atoms with Crippen LogP contribution in [-0.2, 0) is 4.79 Å². The third kappa shape index (κ3) is 3.42. The Hall–Kier alpha value is -1.53. The molecule has 4 rings (SSSR count). The minimum atomic E-state index is 0.144. The number of anilines is 2. The van der Waals surface area contributed by atoms with E-state index in [0.29, 0.717) is 11.6 Å². The van der Waals surface area contributed by atoms with Gasteiger partial charge in [-0.05, 0) is 30.3 Å². The third-order valence-electron chi connectivity index (χ3n) is 4.95. The number of quaternary nitrogens is 2. The highest BCUT2D eigenvalue weighted by atomic mass is 35.5. The number of para-hydroxylation sites is 1. The molecule has 0 atom stereocenters. The zero-order valence-electron chi connectivity index (χ0n) is 14.2. The molecule has 4 nitrogen and oxygen atoms in total. The molecule has 2 aromatic rings. The van der Waals surface area contributed by atoms with Crippen molar-refractivity contribution in [3.8, 4) is 0 Å². The van der Waals surface area contributed by atoms with Gasteiger partial charge >= 0.3 is 0 Å². The van der Waals surface area contributed by atoms with Gasteiger partial charge in [0.25, 0.3) is 5.91 Å². The second kappa shape index (κ2) is 7.00. The van der Waals surface area contributed by atoms with Crippen LogP contribution >= 0.6 is 23.4 Å². The molecule has 2 aliphatic rings. The summed E-state index contributed by atoms with van der Waals surface area (Å²) in [6.45, 7) is 4.86. The SMILES string of the molecule is C[NH+]1CC[NH+](CC(=O)N2c3ccccc3Sc3ccc(Cl)cc32)CC1. The highest BCUT2D eigenvalue weighted by molar-refractivity contribution is 7.99. The summed E-state index contributed by atoms with van der Waals surface area (Å²) in [5, 5.41) is 0.659. The number of halogens is 1. The Morgan fingerprint density at radius 3 is 2.60 bits per heavy atom. The summed E-state index contributed by atoms with van der Waals surface area (Å²) >= 11 is 7.92. The second-order valence-electron chi connectivity index (χ2n) is 6.79. The van der Waals surface area contributed by atoms with Crippen LogP contribution < -0.4 is 14.7 Å². The number of carbonyl (C=O) groups is 1. The van der Waals surface area contributed by atoms with Crippen molar-refractivity contribution in [2.45, 2.75) is 9.79 Å². The maximum atomic E-state index is 13.2. The number of hydrogen-bond donors (Lipinski definition) is 2. The van der Waals surface area contributed by atoms with Crippen molar-refractivity contribution in [3.05, 3.63) is 47.5 Å². The molecule has 0 bridgehead atoms. The largest absolute Gasteiger partial charge is 0.328 e. The van der Waals surface area contributed by atoms with E-state index in [4.69, 9.17) is 11.6 Å². The Kier molecular flexibility index (Phi) is 4.73. The van der Waals surface area contributed by atoms with Crippen LogP contribution in [0.1, 0.15) is 0 Å². The number of amides is 1. The molecule has 6 heteroatoms. The average Bonchev–Trinajstić information content (AvgIpc) is 2.61. The third-order valence-corrected chi connectivity index (χ3v) is 6.31. The Balaban J connectivity index is 1.66. The first-order valence-electron chi connectivity index (χ1n) is 8.66. The van der Waals surface area contributed by atoms with Crippen molar-refractivity contribution in [3.63, 3.8) is 0 Å². The molecule has 1 saturated heterocycles. The van der Waals surface area contributed by atoms with Gasteiger partial charge in [0.15, 0.2) is 6.54 Å². The number of likely N-dealkylation sites (N-methyl/N-ethyl adjacent to an activating group) is 1. The van der Waals surface area contributed by atoms with E-state index in [1.165, 1.54) is 4.90 Å². The van der Waals surface area contributed by atoms with Crippen molar-refractivity contribution >= 4 is 40.6 Å². The van der Waals surface area contributed by atoms with Crippen molar-refractivity contribution in [2.24, 2.45) is 0 Å². The lowest BCUT2D eigenvalue weighted by atomic mass is 10.2. The van der Waals surface area contributed by atoms with Gasteiger partial charge in [-0.1, -0.05) is 35.5 Å². The van der Waals surface area contributed by atoms with Gasteiger partial charge in [-0.2, -0.15) is 0 Å². The van der Waals surface area contributed by atoms with E-state index in [9.17, 15) is 4.79 Å². The number of nitrogens with one attached hydrogen (secondary N) is 2. The Labute approximate surface area is 157 Å². The van der Waals surface area contributed by atoms with Crippen molar-refractivity contribution in [1.29, 1.82) is 0 Å². The van der Waals surface area contributed by atoms with Gasteiger partial charge < -0.3 is 9.80 Å². The first kappa shape index (κ1) is 16.9. The standard InChI is InChI=1S/C19H20ClN3OS/c1-21-8-10-22(11-9-21)13-19(24)23-15-4-2-3-5-17(15)25-18-7-6-14(20)12-16(18)23/h2-7,12H,8-11,13H2,1H3/p+2.